The van der Waals surface area contributed by atoms with Crippen molar-refractivity contribution in [1.29, 1.82) is 0 Å². The van der Waals surface area contributed by atoms with Crippen LogP contribution in [0.1, 0.15) is 23.8 Å². The SMILES string of the molecule is [2H]c1c(C)[n+](C)c(-c2cc(-c3ccccc3)cc(C)c2C)c2cc(C)ccc12. The highest BCUT2D eigenvalue weighted by Gasteiger charge is 2.21. The number of aromatic nitrogens is 1. The van der Waals surface area contributed by atoms with Gasteiger partial charge in [0.25, 0.3) is 0 Å². The van der Waals surface area contributed by atoms with Crippen LogP contribution in [0.25, 0.3) is 33.2 Å². The highest BCUT2D eigenvalue weighted by atomic mass is 14.9. The van der Waals surface area contributed by atoms with Gasteiger partial charge >= 0.3 is 0 Å². The number of fused-ring (bicyclic) bond motifs is 1. The molecule has 0 aliphatic heterocycles. The van der Waals surface area contributed by atoms with Crippen molar-refractivity contribution >= 4 is 10.8 Å². The summed E-state index contributed by atoms with van der Waals surface area (Å²) in [4.78, 5) is 0. The van der Waals surface area contributed by atoms with Gasteiger partial charge in [0.05, 0.1) is 12.3 Å². The van der Waals surface area contributed by atoms with E-state index in [9.17, 15) is 0 Å². The van der Waals surface area contributed by atoms with E-state index in [4.69, 9.17) is 1.37 Å². The first-order chi connectivity index (χ1) is 13.4. The molecule has 0 radical (unpaired) electrons. The highest BCUT2D eigenvalue weighted by Crippen LogP contribution is 2.34. The summed E-state index contributed by atoms with van der Waals surface area (Å²) in [5.41, 5.74) is 9.64. The van der Waals surface area contributed by atoms with E-state index in [1.807, 2.05) is 6.92 Å². The molecule has 0 saturated carbocycles. The van der Waals surface area contributed by atoms with Crippen molar-refractivity contribution in [3.05, 3.63) is 89.1 Å². The molecule has 1 aromatic heterocycles. The topological polar surface area (TPSA) is 3.88 Å². The lowest BCUT2D eigenvalue weighted by Crippen LogP contribution is -2.35. The lowest BCUT2D eigenvalue weighted by atomic mass is 9.91. The Morgan fingerprint density at radius 3 is 2.30 bits per heavy atom. The Labute approximate surface area is 163 Å². The van der Waals surface area contributed by atoms with Gasteiger partial charge in [0.15, 0.2) is 5.69 Å². The van der Waals surface area contributed by atoms with Crippen LogP contribution in [0.3, 0.4) is 0 Å². The molecule has 0 atom stereocenters. The first kappa shape index (κ1) is 16.3. The molecule has 134 valence electrons. The van der Waals surface area contributed by atoms with Crippen molar-refractivity contribution < 1.29 is 5.94 Å². The number of rotatable bonds is 2. The van der Waals surface area contributed by atoms with Crippen LogP contribution in [0.2, 0.25) is 0 Å². The number of pyridine rings is 1. The lowest BCUT2D eigenvalue weighted by Gasteiger charge is -2.14. The smallest absolute Gasteiger partial charge is 0.198 e. The fourth-order valence-electron chi connectivity index (χ4n) is 3.82. The summed E-state index contributed by atoms with van der Waals surface area (Å²) in [5, 5.41) is 2.16. The molecule has 27 heavy (non-hydrogen) atoms. The van der Waals surface area contributed by atoms with Crippen LogP contribution in [-0.4, -0.2) is 0 Å². The van der Waals surface area contributed by atoms with Crippen LogP contribution in [0, 0.1) is 27.7 Å². The van der Waals surface area contributed by atoms with Crippen LogP contribution in [0.15, 0.2) is 66.7 Å². The quantitative estimate of drug-likeness (QED) is 0.376. The van der Waals surface area contributed by atoms with Crippen LogP contribution < -0.4 is 4.57 Å². The molecule has 3 aromatic carbocycles. The molecule has 0 spiro atoms. The minimum absolute atomic E-state index is 0.606. The highest BCUT2D eigenvalue weighted by molar-refractivity contribution is 5.95. The normalized spacial score (nSPS) is 11.7. The molecule has 0 aliphatic carbocycles. The predicted molar refractivity (Wildman–Crippen MR) is 115 cm³/mol. The van der Waals surface area contributed by atoms with E-state index in [0.717, 1.165) is 16.5 Å². The fourth-order valence-corrected chi connectivity index (χ4v) is 3.82. The van der Waals surface area contributed by atoms with Crippen LogP contribution in [0.4, 0.5) is 0 Å². The number of nitrogens with zero attached hydrogens (tertiary/aromatic N) is 1. The number of aryl methyl sites for hydroxylation is 2. The molecule has 0 amide bonds. The van der Waals surface area contributed by atoms with Gasteiger partial charge in [-0.3, -0.25) is 0 Å². The second kappa shape index (κ2) is 6.66. The van der Waals surface area contributed by atoms with Crippen molar-refractivity contribution in [2.45, 2.75) is 27.7 Å². The van der Waals surface area contributed by atoms with Gasteiger partial charge in [0, 0.05) is 13.0 Å². The Morgan fingerprint density at radius 2 is 1.56 bits per heavy atom. The molecular weight excluding hydrogens is 326 g/mol. The maximum Gasteiger partial charge on any atom is 0.220 e. The van der Waals surface area contributed by atoms with E-state index in [0.29, 0.717) is 6.04 Å². The lowest BCUT2D eigenvalue weighted by molar-refractivity contribution is -0.665. The maximum atomic E-state index is 8.61. The van der Waals surface area contributed by atoms with Crippen molar-refractivity contribution in [2.75, 3.05) is 0 Å². The molecule has 0 fully saturated rings. The minimum Gasteiger partial charge on any atom is -0.198 e. The zero-order chi connectivity index (χ0) is 20.0. The first-order valence-electron chi connectivity index (χ1n) is 9.95. The Balaban J connectivity index is 2.11. The van der Waals surface area contributed by atoms with Crippen LogP contribution in [0.5, 0.6) is 0 Å². The van der Waals surface area contributed by atoms with Crippen molar-refractivity contribution in [1.82, 2.24) is 0 Å². The summed E-state index contributed by atoms with van der Waals surface area (Å²) in [7, 11) is 2.08. The Morgan fingerprint density at radius 1 is 0.815 bits per heavy atom. The van der Waals surface area contributed by atoms with E-state index in [2.05, 4.69) is 93.0 Å². The average Bonchev–Trinajstić information content (AvgIpc) is 2.70. The number of benzene rings is 3. The zero-order valence-electron chi connectivity index (χ0n) is 17.7. The summed E-state index contributed by atoms with van der Waals surface area (Å²) in [6.07, 6.45) is 0. The Kier molecular flexibility index (Phi) is 4.01. The summed E-state index contributed by atoms with van der Waals surface area (Å²) >= 11 is 0. The predicted octanol–water partition coefficient (Wildman–Crippen LogP) is 6.23. The largest absolute Gasteiger partial charge is 0.220 e. The van der Waals surface area contributed by atoms with E-state index < -0.39 is 0 Å². The monoisotopic (exact) mass is 353 g/mol. The number of hydrogen-bond acceptors (Lipinski definition) is 0. The molecule has 4 aromatic rings. The third-order valence-electron chi connectivity index (χ3n) is 5.61. The third-order valence-corrected chi connectivity index (χ3v) is 5.61. The molecular formula is C26H26N+. The molecule has 1 heteroatoms. The average molecular weight is 354 g/mol. The van der Waals surface area contributed by atoms with Gasteiger partial charge in [-0.15, -0.1) is 0 Å². The van der Waals surface area contributed by atoms with Crippen molar-refractivity contribution in [3.8, 4) is 22.4 Å². The summed E-state index contributed by atoms with van der Waals surface area (Å²) in [6, 6.07) is 22.1. The van der Waals surface area contributed by atoms with Gasteiger partial charge < -0.3 is 0 Å². The first-order valence-corrected chi connectivity index (χ1v) is 9.45. The van der Waals surface area contributed by atoms with Gasteiger partial charge in [-0.05, 0) is 60.5 Å². The van der Waals surface area contributed by atoms with E-state index in [-0.39, 0.29) is 0 Å². The summed E-state index contributed by atoms with van der Waals surface area (Å²) in [5.74, 6) is 0. The van der Waals surface area contributed by atoms with Crippen LogP contribution >= 0.6 is 0 Å². The number of hydrogen-bond donors (Lipinski definition) is 0. The molecule has 0 saturated heterocycles. The van der Waals surface area contributed by atoms with E-state index in [1.54, 1.807) is 0 Å². The second-order valence-corrected chi connectivity index (χ2v) is 7.50. The van der Waals surface area contributed by atoms with E-state index >= 15 is 0 Å². The second-order valence-electron chi connectivity index (χ2n) is 7.50. The van der Waals surface area contributed by atoms with Gasteiger partial charge in [-0.1, -0.05) is 54.1 Å². The molecule has 0 bridgehead atoms. The molecule has 0 aliphatic rings. The third kappa shape index (κ3) is 3.04. The molecule has 0 unspecified atom stereocenters. The van der Waals surface area contributed by atoms with Gasteiger partial charge in [0.1, 0.15) is 7.05 Å². The molecule has 0 N–H and O–H groups in total. The van der Waals surface area contributed by atoms with E-state index in [1.165, 1.54) is 39.1 Å². The maximum absolute atomic E-state index is 8.61. The molecule has 4 rings (SSSR count). The Bertz CT molecular complexity index is 1210. The molecule has 1 nitrogen and oxygen atoms in total. The van der Waals surface area contributed by atoms with Crippen molar-refractivity contribution in [3.63, 3.8) is 0 Å². The molecule has 1 heterocycles. The minimum atomic E-state index is 0.606. The Hall–Kier alpha value is -2.93. The summed E-state index contributed by atoms with van der Waals surface area (Å²) in [6.45, 7) is 8.54. The van der Waals surface area contributed by atoms with Gasteiger partial charge in [-0.25, -0.2) is 0 Å². The fraction of sp³-hybridized carbons (Fsp3) is 0.192. The van der Waals surface area contributed by atoms with Crippen LogP contribution in [-0.2, 0) is 7.05 Å². The van der Waals surface area contributed by atoms with Crippen molar-refractivity contribution in [2.24, 2.45) is 7.05 Å². The van der Waals surface area contributed by atoms with Gasteiger partial charge in [-0.2, -0.15) is 4.57 Å². The van der Waals surface area contributed by atoms with Gasteiger partial charge in [0.2, 0.25) is 5.69 Å². The zero-order valence-corrected chi connectivity index (χ0v) is 16.7. The summed E-state index contributed by atoms with van der Waals surface area (Å²) < 4.78 is 10.8. The standard InChI is InChI=1S/C26H26N/c1-17-11-12-22-15-19(3)27(5)26(25(22)13-17)24-16-23(14-18(2)20(24)4)21-9-7-6-8-10-21/h6-16H,1-5H3/q+1/i15D.